The van der Waals surface area contributed by atoms with Crippen LogP contribution in [0.25, 0.3) is 0 Å². The Hall–Kier alpha value is -0.760. The molecule has 0 rings (SSSR count). The van der Waals surface area contributed by atoms with Crippen LogP contribution in [-0.4, -0.2) is 16.3 Å². The van der Waals surface area contributed by atoms with Crippen LogP contribution in [0.5, 0.6) is 0 Å². The first-order chi connectivity index (χ1) is 5.31. The summed E-state index contributed by atoms with van der Waals surface area (Å²) in [4.78, 5) is 0. The predicted molar refractivity (Wildman–Crippen MR) is 46.4 cm³/mol. The van der Waals surface area contributed by atoms with Gasteiger partial charge in [-0.05, 0) is 12.5 Å². The lowest BCUT2D eigenvalue weighted by Gasteiger charge is -2.01. The molecular weight excluding hydrogens is 140 g/mol. The number of unbranched alkanes of at least 4 members (excludes halogenated alkanes) is 1. The van der Waals surface area contributed by atoms with Crippen LogP contribution in [0, 0.1) is 0 Å². The summed E-state index contributed by atoms with van der Waals surface area (Å²) in [5.41, 5.74) is 0. The highest BCUT2D eigenvalue weighted by atomic mass is 16.3. The van der Waals surface area contributed by atoms with E-state index in [2.05, 4.69) is 6.92 Å². The lowest BCUT2D eigenvalue weighted by molar-refractivity contribution is 0.209. The zero-order valence-corrected chi connectivity index (χ0v) is 6.90. The van der Waals surface area contributed by atoms with Gasteiger partial charge in [0.1, 0.15) is 0 Å². The van der Waals surface area contributed by atoms with Crippen molar-refractivity contribution >= 4 is 0 Å². The first kappa shape index (κ1) is 10.2. The molecule has 0 radical (unpaired) electrons. The van der Waals surface area contributed by atoms with Crippen LogP contribution < -0.4 is 0 Å². The zero-order chi connectivity index (χ0) is 8.53. The molecule has 0 spiro atoms. The minimum atomic E-state index is -0.369. The number of aliphatic hydroxyl groups is 2. The molecule has 0 aliphatic heterocycles. The van der Waals surface area contributed by atoms with Crippen molar-refractivity contribution < 1.29 is 10.2 Å². The van der Waals surface area contributed by atoms with E-state index in [0.29, 0.717) is 0 Å². The molecule has 0 aliphatic carbocycles. The SMILES string of the molecule is CCCCC(O)/C=C/C=C/O. The van der Waals surface area contributed by atoms with Crippen molar-refractivity contribution in [3.05, 3.63) is 24.5 Å². The van der Waals surface area contributed by atoms with E-state index in [4.69, 9.17) is 5.11 Å². The van der Waals surface area contributed by atoms with Gasteiger partial charge in [0.2, 0.25) is 0 Å². The summed E-state index contributed by atoms with van der Waals surface area (Å²) < 4.78 is 0. The molecule has 2 N–H and O–H groups in total. The van der Waals surface area contributed by atoms with Crippen molar-refractivity contribution in [1.29, 1.82) is 0 Å². The molecule has 2 heteroatoms. The van der Waals surface area contributed by atoms with E-state index in [1.165, 1.54) is 6.08 Å². The first-order valence-corrected chi connectivity index (χ1v) is 3.97. The minimum Gasteiger partial charge on any atom is -0.516 e. The van der Waals surface area contributed by atoms with E-state index in [1.54, 1.807) is 12.2 Å². The molecule has 64 valence electrons. The number of hydrogen-bond donors (Lipinski definition) is 2. The lowest BCUT2D eigenvalue weighted by Crippen LogP contribution is -2.00. The number of aliphatic hydroxyl groups excluding tert-OH is 2. The van der Waals surface area contributed by atoms with E-state index >= 15 is 0 Å². The standard InChI is InChI=1S/C9H16O2/c1-2-3-6-9(11)7-4-5-8-10/h4-5,7-11H,2-3,6H2,1H3/b7-4+,8-5+. The molecule has 0 bridgehead atoms. The molecule has 0 heterocycles. The van der Waals surface area contributed by atoms with Gasteiger partial charge in [0.25, 0.3) is 0 Å². The number of rotatable bonds is 5. The summed E-state index contributed by atoms with van der Waals surface area (Å²) in [6.45, 7) is 2.09. The van der Waals surface area contributed by atoms with E-state index in [9.17, 15) is 5.11 Å². The summed E-state index contributed by atoms with van der Waals surface area (Å²) >= 11 is 0. The summed E-state index contributed by atoms with van der Waals surface area (Å²) in [6.07, 6.45) is 8.30. The largest absolute Gasteiger partial charge is 0.516 e. The predicted octanol–water partition coefficient (Wildman–Crippen LogP) is 2.17. The minimum absolute atomic E-state index is 0.369. The van der Waals surface area contributed by atoms with E-state index < -0.39 is 0 Å². The van der Waals surface area contributed by atoms with Crippen LogP contribution in [0.3, 0.4) is 0 Å². The van der Waals surface area contributed by atoms with Crippen LogP contribution in [0.15, 0.2) is 24.5 Å². The molecule has 2 nitrogen and oxygen atoms in total. The molecule has 0 saturated heterocycles. The molecule has 0 saturated carbocycles. The van der Waals surface area contributed by atoms with Gasteiger partial charge in [-0.15, -0.1) is 0 Å². The van der Waals surface area contributed by atoms with E-state index in [-0.39, 0.29) is 6.10 Å². The average molecular weight is 156 g/mol. The third kappa shape index (κ3) is 7.13. The average Bonchev–Trinajstić information content (AvgIpc) is 2.01. The topological polar surface area (TPSA) is 40.5 Å². The Balaban J connectivity index is 3.42. The normalized spacial score (nSPS) is 14.7. The Kier molecular flexibility index (Phi) is 6.84. The van der Waals surface area contributed by atoms with Crippen LogP contribution in [0.2, 0.25) is 0 Å². The molecule has 0 aromatic rings. The van der Waals surface area contributed by atoms with E-state index in [0.717, 1.165) is 25.5 Å². The Morgan fingerprint density at radius 1 is 1.36 bits per heavy atom. The monoisotopic (exact) mass is 156 g/mol. The van der Waals surface area contributed by atoms with Crippen molar-refractivity contribution in [2.24, 2.45) is 0 Å². The second kappa shape index (κ2) is 7.35. The van der Waals surface area contributed by atoms with Gasteiger partial charge < -0.3 is 10.2 Å². The Bertz CT molecular complexity index is 128. The van der Waals surface area contributed by atoms with Gasteiger partial charge in [-0.25, -0.2) is 0 Å². The smallest absolute Gasteiger partial charge is 0.0791 e. The van der Waals surface area contributed by atoms with Gasteiger partial charge in [0, 0.05) is 0 Å². The summed E-state index contributed by atoms with van der Waals surface area (Å²) in [5, 5.41) is 17.4. The quantitative estimate of drug-likeness (QED) is 0.473. The fraction of sp³-hybridized carbons (Fsp3) is 0.556. The first-order valence-electron chi connectivity index (χ1n) is 3.97. The van der Waals surface area contributed by atoms with Crippen molar-refractivity contribution in [2.45, 2.75) is 32.3 Å². The molecule has 0 amide bonds. The summed E-state index contributed by atoms with van der Waals surface area (Å²) in [5.74, 6) is 0. The molecule has 0 fully saturated rings. The Morgan fingerprint density at radius 2 is 2.09 bits per heavy atom. The lowest BCUT2D eigenvalue weighted by atomic mass is 10.1. The summed E-state index contributed by atoms with van der Waals surface area (Å²) in [7, 11) is 0. The van der Waals surface area contributed by atoms with Gasteiger partial charge in [0.05, 0.1) is 12.4 Å². The molecule has 11 heavy (non-hydrogen) atoms. The maximum absolute atomic E-state index is 9.20. The maximum atomic E-state index is 9.20. The van der Waals surface area contributed by atoms with Gasteiger partial charge in [-0.1, -0.05) is 31.9 Å². The van der Waals surface area contributed by atoms with Crippen molar-refractivity contribution in [1.82, 2.24) is 0 Å². The van der Waals surface area contributed by atoms with Gasteiger partial charge >= 0.3 is 0 Å². The van der Waals surface area contributed by atoms with Crippen LogP contribution in [-0.2, 0) is 0 Å². The highest BCUT2D eigenvalue weighted by Gasteiger charge is 1.95. The second-order valence-corrected chi connectivity index (χ2v) is 2.44. The summed E-state index contributed by atoms with van der Waals surface area (Å²) in [6, 6.07) is 0. The van der Waals surface area contributed by atoms with Crippen LogP contribution in [0.1, 0.15) is 26.2 Å². The number of allylic oxidation sites excluding steroid dienone is 2. The Labute approximate surface area is 67.9 Å². The molecule has 1 unspecified atom stereocenters. The molecule has 1 atom stereocenters. The molecule has 0 aromatic heterocycles. The highest BCUT2D eigenvalue weighted by molar-refractivity contribution is 5.01. The molecule has 0 aliphatic rings. The van der Waals surface area contributed by atoms with E-state index in [1.807, 2.05) is 0 Å². The van der Waals surface area contributed by atoms with Crippen molar-refractivity contribution in [3.8, 4) is 0 Å². The third-order valence-corrected chi connectivity index (χ3v) is 1.38. The Morgan fingerprint density at radius 3 is 2.64 bits per heavy atom. The fourth-order valence-electron chi connectivity index (χ4n) is 0.752. The van der Waals surface area contributed by atoms with Crippen LogP contribution >= 0.6 is 0 Å². The van der Waals surface area contributed by atoms with Gasteiger partial charge in [-0.3, -0.25) is 0 Å². The van der Waals surface area contributed by atoms with Crippen molar-refractivity contribution in [2.75, 3.05) is 0 Å². The highest BCUT2D eigenvalue weighted by Crippen LogP contribution is 2.00. The van der Waals surface area contributed by atoms with Gasteiger partial charge in [0.15, 0.2) is 0 Å². The molecule has 0 aromatic carbocycles. The maximum Gasteiger partial charge on any atom is 0.0791 e. The number of hydrogen-bond acceptors (Lipinski definition) is 2. The third-order valence-electron chi connectivity index (χ3n) is 1.38. The fourth-order valence-corrected chi connectivity index (χ4v) is 0.752. The second-order valence-electron chi connectivity index (χ2n) is 2.44. The zero-order valence-electron chi connectivity index (χ0n) is 6.90. The van der Waals surface area contributed by atoms with Crippen LogP contribution in [0.4, 0.5) is 0 Å². The molecular formula is C9H16O2. The van der Waals surface area contributed by atoms with Gasteiger partial charge in [-0.2, -0.15) is 0 Å². The van der Waals surface area contributed by atoms with Crippen molar-refractivity contribution in [3.63, 3.8) is 0 Å².